The summed E-state index contributed by atoms with van der Waals surface area (Å²) in [4.78, 5) is 16.3. The van der Waals surface area contributed by atoms with E-state index in [1.807, 2.05) is 12.1 Å². The molecule has 0 atom stereocenters. The minimum absolute atomic E-state index is 0.208. The van der Waals surface area contributed by atoms with E-state index in [2.05, 4.69) is 20.9 Å². The molecular formula is C17H11BrClNO3. The summed E-state index contributed by atoms with van der Waals surface area (Å²) in [6.45, 7) is 0. The van der Waals surface area contributed by atoms with E-state index in [0.717, 1.165) is 4.47 Å². The number of rotatable bonds is 3. The number of cyclic esters (lactones) is 1. The van der Waals surface area contributed by atoms with Crippen LogP contribution < -0.4 is 4.74 Å². The molecule has 0 unspecified atom stereocenters. The summed E-state index contributed by atoms with van der Waals surface area (Å²) >= 11 is 9.49. The molecule has 0 fully saturated rings. The van der Waals surface area contributed by atoms with Crippen LogP contribution in [0.25, 0.3) is 6.08 Å². The number of aliphatic imine (C=N–C) groups is 1. The first-order valence-electron chi connectivity index (χ1n) is 6.69. The summed E-state index contributed by atoms with van der Waals surface area (Å²) in [5, 5.41) is 0.545. The lowest BCUT2D eigenvalue weighted by atomic mass is 10.2. The van der Waals surface area contributed by atoms with Crippen molar-refractivity contribution >= 4 is 45.5 Å². The Labute approximate surface area is 146 Å². The normalized spacial score (nSPS) is 15.5. The smallest absolute Gasteiger partial charge is 0.363 e. The molecule has 2 aromatic rings. The zero-order chi connectivity index (χ0) is 16.4. The molecule has 116 valence electrons. The van der Waals surface area contributed by atoms with Crippen LogP contribution in [-0.4, -0.2) is 19.0 Å². The minimum Gasteiger partial charge on any atom is -0.496 e. The van der Waals surface area contributed by atoms with E-state index in [4.69, 9.17) is 21.1 Å². The number of hydrogen-bond donors (Lipinski definition) is 0. The monoisotopic (exact) mass is 391 g/mol. The minimum atomic E-state index is -0.508. The fourth-order valence-corrected chi connectivity index (χ4v) is 2.80. The summed E-state index contributed by atoms with van der Waals surface area (Å²) in [5.41, 5.74) is 1.59. The molecule has 4 nitrogen and oxygen atoms in total. The second kappa shape index (κ2) is 6.56. The Bertz CT molecular complexity index is 845. The first-order chi connectivity index (χ1) is 11.1. The van der Waals surface area contributed by atoms with Gasteiger partial charge in [-0.25, -0.2) is 9.79 Å². The van der Waals surface area contributed by atoms with Gasteiger partial charge in [-0.15, -0.1) is 0 Å². The number of esters is 1. The van der Waals surface area contributed by atoms with E-state index in [-0.39, 0.29) is 11.6 Å². The quantitative estimate of drug-likeness (QED) is 0.572. The number of halogens is 2. The summed E-state index contributed by atoms with van der Waals surface area (Å²) < 4.78 is 11.2. The van der Waals surface area contributed by atoms with Crippen LogP contribution >= 0.6 is 27.5 Å². The zero-order valence-corrected chi connectivity index (χ0v) is 14.4. The van der Waals surface area contributed by atoms with Gasteiger partial charge in [-0.05, 0) is 51.8 Å². The maximum absolute atomic E-state index is 12.0. The Morgan fingerprint density at radius 1 is 1.26 bits per heavy atom. The Hall–Kier alpha value is -2.11. The Balaban J connectivity index is 1.96. The van der Waals surface area contributed by atoms with Gasteiger partial charge in [0.05, 0.1) is 11.6 Å². The third-order valence-electron chi connectivity index (χ3n) is 3.22. The number of ether oxygens (including phenoxy) is 2. The first kappa shape index (κ1) is 15.8. The summed E-state index contributed by atoms with van der Waals surface area (Å²) in [7, 11) is 1.58. The van der Waals surface area contributed by atoms with Crippen molar-refractivity contribution < 1.29 is 14.3 Å². The van der Waals surface area contributed by atoms with Crippen molar-refractivity contribution in [3.8, 4) is 5.75 Å². The van der Waals surface area contributed by atoms with Gasteiger partial charge in [0, 0.05) is 10.6 Å². The maximum atomic E-state index is 12.0. The van der Waals surface area contributed by atoms with Crippen LogP contribution in [0.15, 0.2) is 57.6 Å². The highest BCUT2D eigenvalue weighted by Crippen LogP contribution is 2.28. The number of nitrogens with zero attached hydrogens (tertiary/aromatic N) is 1. The fourth-order valence-electron chi connectivity index (χ4n) is 2.07. The van der Waals surface area contributed by atoms with Crippen LogP contribution in [0.5, 0.6) is 5.75 Å². The van der Waals surface area contributed by atoms with Gasteiger partial charge in [0.15, 0.2) is 5.70 Å². The first-order valence-corrected chi connectivity index (χ1v) is 7.86. The Kier molecular flexibility index (Phi) is 4.50. The van der Waals surface area contributed by atoms with Gasteiger partial charge in [-0.2, -0.15) is 0 Å². The molecule has 0 aliphatic carbocycles. The van der Waals surface area contributed by atoms with Crippen LogP contribution in [0.1, 0.15) is 11.1 Å². The molecule has 0 saturated heterocycles. The molecular weight excluding hydrogens is 382 g/mol. The number of carbonyl (C=O) groups is 1. The molecule has 0 amide bonds. The van der Waals surface area contributed by atoms with Crippen molar-refractivity contribution in [3.63, 3.8) is 0 Å². The van der Waals surface area contributed by atoms with E-state index in [9.17, 15) is 4.79 Å². The van der Waals surface area contributed by atoms with E-state index in [1.165, 1.54) is 0 Å². The van der Waals surface area contributed by atoms with E-state index in [1.54, 1.807) is 43.5 Å². The van der Waals surface area contributed by atoms with Crippen molar-refractivity contribution in [1.82, 2.24) is 0 Å². The van der Waals surface area contributed by atoms with Crippen LogP contribution in [0.2, 0.25) is 5.02 Å². The van der Waals surface area contributed by atoms with E-state index < -0.39 is 5.97 Å². The second-order valence-electron chi connectivity index (χ2n) is 4.71. The third kappa shape index (κ3) is 3.30. The molecule has 23 heavy (non-hydrogen) atoms. The van der Waals surface area contributed by atoms with Crippen LogP contribution in [0, 0.1) is 0 Å². The largest absolute Gasteiger partial charge is 0.496 e. The predicted octanol–water partition coefficient (Wildman–Crippen LogP) is 4.46. The lowest BCUT2D eigenvalue weighted by Crippen LogP contribution is -2.05. The molecule has 0 bridgehead atoms. The molecule has 1 heterocycles. The van der Waals surface area contributed by atoms with Crippen molar-refractivity contribution in [2.45, 2.75) is 0 Å². The molecule has 0 saturated carbocycles. The van der Waals surface area contributed by atoms with Gasteiger partial charge in [-0.3, -0.25) is 0 Å². The van der Waals surface area contributed by atoms with Crippen LogP contribution in [0.4, 0.5) is 0 Å². The van der Waals surface area contributed by atoms with E-state index >= 15 is 0 Å². The highest BCUT2D eigenvalue weighted by molar-refractivity contribution is 9.10. The van der Waals surface area contributed by atoms with Crippen LogP contribution in [-0.2, 0) is 9.53 Å². The third-order valence-corrected chi connectivity index (χ3v) is 4.18. The molecule has 1 aliphatic rings. The number of carbonyl (C=O) groups excluding carboxylic acids is 1. The summed E-state index contributed by atoms with van der Waals surface area (Å²) in [6, 6.07) is 12.5. The standard InChI is InChI=1S/C17H11BrClNO3/c1-22-15-7-6-11(8-12(15)18)16-20-14(17(21)23-16)9-10-4-2-3-5-13(10)19/h2-9H,1H3/b14-9+. The molecule has 6 heteroatoms. The topological polar surface area (TPSA) is 47.9 Å². The summed E-state index contributed by atoms with van der Waals surface area (Å²) in [5.74, 6) is 0.425. The molecule has 0 spiro atoms. The molecule has 3 rings (SSSR count). The molecule has 2 aromatic carbocycles. The highest BCUT2D eigenvalue weighted by atomic mass is 79.9. The maximum Gasteiger partial charge on any atom is 0.363 e. The van der Waals surface area contributed by atoms with Gasteiger partial charge < -0.3 is 9.47 Å². The SMILES string of the molecule is COc1ccc(C2=N/C(=C/c3ccccc3Cl)C(=O)O2)cc1Br. The van der Waals surface area contributed by atoms with Crippen molar-refractivity contribution in [1.29, 1.82) is 0 Å². The predicted molar refractivity (Wildman–Crippen MR) is 92.8 cm³/mol. The van der Waals surface area contributed by atoms with Gasteiger partial charge in [0.2, 0.25) is 5.90 Å². The van der Waals surface area contributed by atoms with Crippen LogP contribution in [0.3, 0.4) is 0 Å². The van der Waals surface area contributed by atoms with Crippen molar-refractivity contribution in [3.05, 3.63) is 68.8 Å². The lowest BCUT2D eigenvalue weighted by Gasteiger charge is -2.05. The number of hydrogen-bond acceptors (Lipinski definition) is 4. The van der Waals surface area contributed by atoms with E-state index in [0.29, 0.717) is 21.9 Å². The Morgan fingerprint density at radius 2 is 2.04 bits per heavy atom. The summed E-state index contributed by atoms with van der Waals surface area (Å²) in [6.07, 6.45) is 1.61. The van der Waals surface area contributed by atoms with Gasteiger partial charge in [-0.1, -0.05) is 29.8 Å². The molecule has 1 aliphatic heterocycles. The lowest BCUT2D eigenvalue weighted by molar-refractivity contribution is -0.129. The van der Waals surface area contributed by atoms with Gasteiger partial charge >= 0.3 is 5.97 Å². The fraction of sp³-hybridized carbons (Fsp3) is 0.0588. The average molecular weight is 393 g/mol. The molecule has 0 N–H and O–H groups in total. The average Bonchev–Trinajstić information content (AvgIpc) is 2.90. The zero-order valence-electron chi connectivity index (χ0n) is 12.0. The molecule has 0 aromatic heterocycles. The number of methoxy groups -OCH3 is 1. The molecule has 0 radical (unpaired) electrons. The highest BCUT2D eigenvalue weighted by Gasteiger charge is 2.24. The van der Waals surface area contributed by atoms with Gasteiger partial charge in [0.1, 0.15) is 5.75 Å². The van der Waals surface area contributed by atoms with Crippen molar-refractivity contribution in [2.24, 2.45) is 4.99 Å². The Morgan fingerprint density at radius 3 is 2.74 bits per heavy atom. The second-order valence-corrected chi connectivity index (χ2v) is 5.97. The van der Waals surface area contributed by atoms with Gasteiger partial charge in [0.25, 0.3) is 0 Å². The number of benzene rings is 2. The van der Waals surface area contributed by atoms with Crippen molar-refractivity contribution in [2.75, 3.05) is 7.11 Å².